The molecule has 0 aliphatic heterocycles. The number of ether oxygens (including phenoxy) is 1. The predicted molar refractivity (Wildman–Crippen MR) is 321 cm³/mol. The van der Waals surface area contributed by atoms with E-state index in [-0.39, 0.29) is 24.9 Å². The van der Waals surface area contributed by atoms with Gasteiger partial charge in [0.1, 0.15) is 19.3 Å². The number of amides is 1. The van der Waals surface area contributed by atoms with Gasteiger partial charge in [0.2, 0.25) is 5.91 Å². The van der Waals surface area contributed by atoms with E-state index in [4.69, 9.17) is 13.8 Å². The highest BCUT2D eigenvalue weighted by Gasteiger charge is 2.27. The maximum absolute atomic E-state index is 13.5. The zero-order valence-corrected chi connectivity index (χ0v) is 50.4. The minimum Gasteiger partial charge on any atom is -0.756 e. The lowest BCUT2D eigenvalue weighted by Crippen LogP contribution is -2.47. The summed E-state index contributed by atoms with van der Waals surface area (Å²) in [6.45, 7) is 6.69. The van der Waals surface area contributed by atoms with Gasteiger partial charge in [0.25, 0.3) is 7.82 Å². The molecule has 0 aliphatic rings. The van der Waals surface area contributed by atoms with E-state index in [1.54, 1.807) is 0 Å². The summed E-state index contributed by atoms with van der Waals surface area (Å²) >= 11 is 0. The molecule has 434 valence electrons. The number of quaternary nitrogens is 1. The fourth-order valence-electron chi connectivity index (χ4n) is 8.54. The summed E-state index contributed by atoms with van der Waals surface area (Å²) in [5.41, 5.74) is 0. The van der Waals surface area contributed by atoms with Crippen LogP contribution in [0.5, 0.6) is 0 Å². The fraction of sp³-hybridized carbons (Fsp3) is 0.754. The summed E-state index contributed by atoms with van der Waals surface area (Å²) in [7, 11) is 1.16. The molecule has 9 nitrogen and oxygen atoms in total. The second-order valence-electron chi connectivity index (χ2n) is 21.8. The minimum atomic E-state index is -4.70. The molecule has 0 rings (SSSR count). The number of nitrogens with one attached hydrogen (secondary N) is 1. The number of rotatable bonds is 55. The number of nitrogens with zero attached hydrogens (tertiary/aromatic N) is 1. The van der Waals surface area contributed by atoms with Crippen LogP contribution in [-0.2, 0) is 27.9 Å². The second-order valence-corrected chi connectivity index (χ2v) is 23.2. The van der Waals surface area contributed by atoms with E-state index in [9.17, 15) is 19.0 Å². The molecule has 0 bridgehead atoms. The number of carbonyl (C=O) groups is 2. The average Bonchev–Trinajstić information content (AvgIpc) is 3.37. The van der Waals surface area contributed by atoms with E-state index in [2.05, 4.69) is 99.0 Å². The monoisotopic (exact) mass is 1070 g/mol. The third kappa shape index (κ3) is 55.7. The number of unbranched alkanes of at least 4 members (excludes halogenated alkanes) is 27. The van der Waals surface area contributed by atoms with Crippen molar-refractivity contribution in [3.05, 3.63) is 85.1 Å². The van der Waals surface area contributed by atoms with Crippen LogP contribution in [0.15, 0.2) is 85.1 Å². The van der Waals surface area contributed by atoms with E-state index in [1.807, 2.05) is 33.3 Å². The first kappa shape index (κ1) is 72.2. The Balaban J connectivity index is 5.24. The SMILES string of the molecule is CC/C=C/C/C=C/CCCCCCCCCC(=O)NC(COP(=O)([O-])OCC[N+](C)(C)C)C(/C=C\CCCCCCCCCCCC)OC(=O)CCCCCCCCC/C=C\C/C=C\C/C=C\C/C=C\CCCCC. The highest BCUT2D eigenvalue weighted by atomic mass is 31.2. The topological polar surface area (TPSA) is 114 Å². The Hall–Kier alpha value is -2.81. The van der Waals surface area contributed by atoms with Crippen LogP contribution in [0.3, 0.4) is 0 Å². The van der Waals surface area contributed by atoms with Crippen LogP contribution in [-0.4, -0.2) is 69.4 Å². The van der Waals surface area contributed by atoms with Gasteiger partial charge in [0.05, 0.1) is 33.8 Å². The lowest BCUT2D eigenvalue weighted by molar-refractivity contribution is -0.870. The Labute approximate surface area is 463 Å². The van der Waals surface area contributed by atoms with Gasteiger partial charge in [0.15, 0.2) is 0 Å². The molecular formula is C65H117N2O7P. The maximum Gasteiger partial charge on any atom is 0.306 e. The van der Waals surface area contributed by atoms with Crippen molar-refractivity contribution in [2.75, 3.05) is 40.9 Å². The lowest BCUT2D eigenvalue weighted by Gasteiger charge is -2.30. The Bertz CT molecular complexity index is 1560. The molecule has 0 aromatic rings. The summed E-state index contributed by atoms with van der Waals surface area (Å²) < 4.78 is 30.3. The summed E-state index contributed by atoms with van der Waals surface area (Å²) in [5, 5.41) is 3.02. The largest absolute Gasteiger partial charge is 0.756 e. The number of hydrogen-bond donors (Lipinski definition) is 1. The van der Waals surface area contributed by atoms with E-state index in [0.29, 0.717) is 23.9 Å². The van der Waals surface area contributed by atoms with Gasteiger partial charge >= 0.3 is 5.97 Å². The van der Waals surface area contributed by atoms with E-state index >= 15 is 0 Å². The maximum atomic E-state index is 13.5. The summed E-state index contributed by atoms with van der Waals surface area (Å²) in [4.78, 5) is 39.9. The second kappa shape index (κ2) is 54.5. The normalized spacial score (nSPS) is 14.3. The molecule has 75 heavy (non-hydrogen) atoms. The van der Waals surface area contributed by atoms with Crippen LogP contribution < -0.4 is 10.2 Å². The molecule has 0 aromatic heterocycles. The number of phosphoric acid groups is 1. The highest BCUT2D eigenvalue weighted by molar-refractivity contribution is 7.45. The molecule has 0 radical (unpaired) electrons. The van der Waals surface area contributed by atoms with Crippen LogP contribution in [0.2, 0.25) is 0 Å². The summed E-state index contributed by atoms with van der Waals surface area (Å²) in [5.74, 6) is -0.564. The number of hydrogen-bond acceptors (Lipinski definition) is 7. The standard InChI is InChI=1S/C65H117N2O7P/c1-7-10-13-16-19-22-25-28-30-31-32-33-34-35-36-37-38-40-43-46-49-52-55-58-65(69)74-63(56-53-50-47-44-41-27-24-21-18-15-12-9-3)62(61-73-75(70,71)72-60-59-67(4,5)6)66-64(68)57-54-51-48-45-42-39-29-26-23-20-17-14-11-8-2/h11,14,19-20,22-23,28,30,32-33,35-36,53,56,62-63H,7-10,12-13,15-18,21,24-27,29,31,34,37-52,54-55,57-61H2,1-6H3,(H-,66,68,70,71)/b14-11+,22-19-,23-20+,30-28-,33-32-,36-35-,56-53-. The zero-order chi connectivity index (χ0) is 55.0. The van der Waals surface area contributed by atoms with Crippen LogP contribution in [0, 0.1) is 0 Å². The first-order valence-electron chi connectivity index (χ1n) is 30.9. The molecule has 0 heterocycles. The third-order valence-electron chi connectivity index (χ3n) is 13.3. The number of phosphoric ester groups is 1. The summed E-state index contributed by atoms with van der Waals surface area (Å²) in [6, 6.07) is -0.900. The molecule has 1 amide bonds. The first-order valence-corrected chi connectivity index (χ1v) is 32.4. The van der Waals surface area contributed by atoms with Crippen molar-refractivity contribution in [1.82, 2.24) is 5.32 Å². The molecule has 0 spiro atoms. The zero-order valence-electron chi connectivity index (χ0n) is 49.5. The Morgan fingerprint density at radius 1 is 0.480 bits per heavy atom. The van der Waals surface area contributed by atoms with Gasteiger partial charge in [-0.15, -0.1) is 0 Å². The molecule has 0 fully saturated rings. The van der Waals surface area contributed by atoms with Crippen LogP contribution in [0.1, 0.15) is 265 Å². The molecule has 0 saturated carbocycles. The van der Waals surface area contributed by atoms with E-state index in [1.165, 1.54) is 116 Å². The van der Waals surface area contributed by atoms with Crippen molar-refractivity contribution in [2.45, 2.75) is 277 Å². The van der Waals surface area contributed by atoms with E-state index < -0.39 is 26.6 Å². The number of carbonyl (C=O) groups excluding carboxylic acids is 2. The van der Waals surface area contributed by atoms with Gasteiger partial charge in [-0.3, -0.25) is 14.2 Å². The molecule has 0 saturated heterocycles. The van der Waals surface area contributed by atoms with Crippen molar-refractivity contribution < 1.29 is 37.3 Å². The van der Waals surface area contributed by atoms with Gasteiger partial charge in [-0.25, -0.2) is 0 Å². The van der Waals surface area contributed by atoms with E-state index in [0.717, 1.165) is 109 Å². The summed E-state index contributed by atoms with van der Waals surface area (Å²) in [6.07, 6.45) is 71.2. The molecule has 1 N–H and O–H groups in total. The van der Waals surface area contributed by atoms with Crippen LogP contribution in [0.25, 0.3) is 0 Å². The number of likely N-dealkylation sites (N-methyl/N-ethyl adjacent to an activating group) is 1. The molecule has 3 atom stereocenters. The van der Waals surface area contributed by atoms with Crippen LogP contribution >= 0.6 is 7.82 Å². The molecular weight excluding hydrogens is 952 g/mol. The smallest absolute Gasteiger partial charge is 0.306 e. The van der Waals surface area contributed by atoms with Gasteiger partial charge in [-0.1, -0.05) is 235 Å². The Morgan fingerprint density at radius 3 is 1.31 bits per heavy atom. The van der Waals surface area contributed by atoms with Crippen molar-refractivity contribution in [2.24, 2.45) is 0 Å². The Kier molecular flexibility index (Phi) is 52.5. The fourth-order valence-corrected chi connectivity index (χ4v) is 9.27. The molecule has 0 aromatic carbocycles. The van der Waals surface area contributed by atoms with Crippen molar-refractivity contribution in [3.63, 3.8) is 0 Å². The first-order chi connectivity index (χ1) is 36.4. The third-order valence-corrected chi connectivity index (χ3v) is 14.3. The molecule has 3 unspecified atom stereocenters. The van der Waals surface area contributed by atoms with Crippen LogP contribution in [0.4, 0.5) is 0 Å². The van der Waals surface area contributed by atoms with Crippen molar-refractivity contribution in [1.29, 1.82) is 0 Å². The average molecular weight is 1070 g/mol. The quantitative estimate of drug-likeness (QED) is 0.0212. The van der Waals surface area contributed by atoms with Gasteiger partial charge in [0, 0.05) is 12.8 Å². The minimum absolute atomic E-state index is 0.0292. The van der Waals surface area contributed by atoms with Gasteiger partial charge in [-0.05, 0) is 102 Å². The van der Waals surface area contributed by atoms with Crippen molar-refractivity contribution in [3.8, 4) is 0 Å². The van der Waals surface area contributed by atoms with Gasteiger partial charge in [-0.2, -0.15) is 0 Å². The highest BCUT2D eigenvalue weighted by Crippen LogP contribution is 2.38. The molecule has 10 heteroatoms. The van der Waals surface area contributed by atoms with Crippen molar-refractivity contribution >= 4 is 19.7 Å². The predicted octanol–water partition coefficient (Wildman–Crippen LogP) is 18.4. The molecule has 0 aliphatic carbocycles. The Morgan fingerprint density at radius 2 is 0.853 bits per heavy atom. The lowest BCUT2D eigenvalue weighted by atomic mass is 10.0. The number of allylic oxidation sites excluding steroid dienone is 13. The van der Waals surface area contributed by atoms with Gasteiger partial charge < -0.3 is 28.5 Å². The number of esters is 1.